The van der Waals surface area contributed by atoms with Gasteiger partial charge in [0.15, 0.2) is 0 Å². The predicted molar refractivity (Wildman–Crippen MR) is 112 cm³/mol. The summed E-state index contributed by atoms with van der Waals surface area (Å²) in [6.07, 6.45) is 0. The molecule has 27 heavy (non-hydrogen) atoms. The summed E-state index contributed by atoms with van der Waals surface area (Å²) in [4.78, 5) is 19.9. The molecule has 0 saturated carbocycles. The van der Waals surface area contributed by atoms with Gasteiger partial charge in [0.25, 0.3) is 5.91 Å². The maximum atomic E-state index is 12.6. The molecule has 0 bridgehead atoms. The lowest BCUT2D eigenvalue weighted by Crippen LogP contribution is -2.22. The van der Waals surface area contributed by atoms with E-state index in [1.807, 2.05) is 45.3 Å². The number of carbonyl (C=O) groups is 1. The molecule has 2 aromatic carbocycles. The van der Waals surface area contributed by atoms with Crippen LogP contribution in [0.15, 0.2) is 48.5 Å². The van der Waals surface area contributed by atoms with Crippen molar-refractivity contribution in [2.75, 3.05) is 14.1 Å². The van der Waals surface area contributed by atoms with Crippen molar-refractivity contribution in [1.82, 2.24) is 15.2 Å². The van der Waals surface area contributed by atoms with Gasteiger partial charge in [-0.25, -0.2) is 4.98 Å². The van der Waals surface area contributed by atoms with Gasteiger partial charge in [-0.15, -0.1) is 11.3 Å². The van der Waals surface area contributed by atoms with Crippen molar-refractivity contribution in [2.24, 2.45) is 0 Å². The molecule has 1 amide bonds. The Morgan fingerprint density at radius 2 is 1.70 bits per heavy atom. The Morgan fingerprint density at radius 3 is 2.33 bits per heavy atom. The fraction of sp³-hybridized carbons (Fsp3) is 0.238. The second kappa shape index (κ2) is 8.65. The number of nitrogens with zero attached hydrogens (tertiary/aromatic N) is 2. The lowest BCUT2D eigenvalue weighted by atomic mass is 10.1. The number of carbonyl (C=O) groups excluding carboxylic acids is 1. The first-order valence-corrected chi connectivity index (χ1v) is 9.86. The van der Waals surface area contributed by atoms with Crippen molar-refractivity contribution in [1.29, 1.82) is 0 Å². The second-order valence-corrected chi connectivity index (χ2v) is 8.11. The summed E-state index contributed by atoms with van der Waals surface area (Å²) in [5, 5.41) is 4.49. The fourth-order valence-electron chi connectivity index (χ4n) is 2.71. The van der Waals surface area contributed by atoms with Crippen LogP contribution in [0.2, 0.25) is 5.02 Å². The van der Waals surface area contributed by atoms with Crippen LogP contribution in [-0.2, 0) is 13.1 Å². The molecule has 3 aromatic rings. The topological polar surface area (TPSA) is 45.2 Å². The van der Waals surface area contributed by atoms with Gasteiger partial charge in [0.05, 0.1) is 5.69 Å². The largest absolute Gasteiger partial charge is 0.347 e. The molecule has 6 heteroatoms. The van der Waals surface area contributed by atoms with Crippen LogP contribution in [0.1, 0.15) is 26.5 Å². The third-order valence-electron chi connectivity index (χ3n) is 4.07. The summed E-state index contributed by atoms with van der Waals surface area (Å²) in [5.41, 5.74) is 4.03. The summed E-state index contributed by atoms with van der Waals surface area (Å²) in [6.45, 7) is 3.26. The van der Waals surface area contributed by atoms with Crippen LogP contribution >= 0.6 is 22.9 Å². The Kier molecular flexibility index (Phi) is 6.26. The molecule has 0 aliphatic heterocycles. The lowest BCUT2D eigenvalue weighted by molar-refractivity contribution is 0.0954. The fourth-order valence-corrected chi connectivity index (χ4v) is 3.83. The first kappa shape index (κ1) is 19.5. The Balaban J connectivity index is 1.65. The molecule has 0 fully saturated rings. The number of aryl methyl sites for hydroxylation is 1. The van der Waals surface area contributed by atoms with Gasteiger partial charge >= 0.3 is 0 Å². The molecule has 3 rings (SSSR count). The van der Waals surface area contributed by atoms with Crippen LogP contribution < -0.4 is 5.32 Å². The summed E-state index contributed by atoms with van der Waals surface area (Å²) in [6, 6.07) is 15.8. The maximum Gasteiger partial charge on any atom is 0.263 e. The summed E-state index contributed by atoms with van der Waals surface area (Å²) in [7, 11) is 4.09. The van der Waals surface area contributed by atoms with Crippen LogP contribution in [0.25, 0.3) is 10.6 Å². The normalized spacial score (nSPS) is 11.0. The number of benzene rings is 2. The van der Waals surface area contributed by atoms with Gasteiger partial charge in [0.2, 0.25) is 0 Å². The van der Waals surface area contributed by atoms with Crippen LogP contribution in [0.3, 0.4) is 0 Å². The number of nitrogens with one attached hydrogen (secondary N) is 1. The van der Waals surface area contributed by atoms with E-state index in [0.29, 0.717) is 16.4 Å². The minimum atomic E-state index is -0.0948. The molecule has 0 saturated heterocycles. The van der Waals surface area contributed by atoms with Gasteiger partial charge < -0.3 is 10.2 Å². The van der Waals surface area contributed by atoms with Crippen LogP contribution in [0.5, 0.6) is 0 Å². The number of hydrogen-bond donors (Lipinski definition) is 1. The molecule has 140 valence electrons. The Morgan fingerprint density at radius 1 is 1.07 bits per heavy atom. The molecular formula is C21H22ClN3OS. The molecule has 0 aliphatic rings. The van der Waals surface area contributed by atoms with Crippen LogP contribution in [-0.4, -0.2) is 29.9 Å². The molecule has 1 N–H and O–H groups in total. The van der Waals surface area contributed by atoms with Crippen molar-refractivity contribution >= 4 is 28.8 Å². The van der Waals surface area contributed by atoms with Gasteiger partial charge in [-0.2, -0.15) is 0 Å². The predicted octanol–water partition coefficient (Wildman–Crippen LogP) is 4.76. The zero-order valence-corrected chi connectivity index (χ0v) is 17.2. The molecule has 0 spiro atoms. The Labute approximate surface area is 168 Å². The monoisotopic (exact) mass is 399 g/mol. The number of halogens is 1. The van der Waals surface area contributed by atoms with Crippen molar-refractivity contribution in [3.05, 3.63) is 75.3 Å². The molecule has 0 aliphatic carbocycles. The van der Waals surface area contributed by atoms with E-state index >= 15 is 0 Å². The second-order valence-electron chi connectivity index (χ2n) is 6.68. The van der Waals surface area contributed by atoms with E-state index in [0.717, 1.165) is 28.4 Å². The highest BCUT2D eigenvalue weighted by Gasteiger charge is 2.16. The molecular weight excluding hydrogens is 378 g/mol. The van der Waals surface area contributed by atoms with Crippen molar-refractivity contribution in [3.8, 4) is 10.6 Å². The molecule has 0 radical (unpaired) electrons. The number of rotatable bonds is 6. The van der Waals surface area contributed by atoms with Gasteiger partial charge in [-0.1, -0.05) is 48.0 Å². The quantitative estimate of drug-likeness (QED) is 0.649. The van der Waals surface area contributed by atoms with Gasteiger partial charge in [0.1, 0.15) is 9.88 Å². The van der Waals surface area contributed by atoms with E-state index in [2.05, 4.69) is 39.5 Å². The molecule has 0 unspecified atom stereocenters. The summed E-state index contributed by atoms with van der Waals surface area (Å²) in [5.74, 6) is -0.0948. The Bertz CT molecular complexity index is 918. The minimum absolute atomic E-state index is 0.0948. The average molecular weight is 400 g/mol. The molecule has 4 nitrogen and oxygen atoms in total. The molecule has 0 atom stereocenters. The number of thiazole rings is 1. The zero-order valence-electron chi connectivity index (χ0n) is 15.6. The van der Waals surface area contributed by atoms with Crippen molar-refractivity contribution < 1.29 is 4.79 Å². The van der Waals surface area contributed by atoms with Gasteiger partial charge in [0, 0.05) is 23.7 Å². The maximum absolute atomic E-state index is 12.6. The SMILES string of the molecule is Cc1nc(-c2ccc(Cl)cc2)sc1C(=O)NCc1ccc(CN(C)C)cc1. The highest BCUT2D eigenvalue weighted by molar-refractivity contribution is 7.17. The van der Waals surface area contributed by atoms with Gasteiger partial charge in [-0.05, 0) is 44.3 Å². The summed E-state index contributed by atoms with van der Waals surface area (Å²) < 4.78 is 0. The number of amides is 1. The van der Waals surface area contributed by atoms with Crippen molar-refractivity contribution in [3.63, 3.8) is 0 Å². The minimum Gasteiger partial charge on any atom is -0.347 e. The summed E-state index contributed by atoms with van der Waals surface area (Å²) >= 11 is 7.34. The average Bonchev–Trinajstić information content (AvgIpc) is 3.03. The lowest BCUT2D eigenvalue weighted by Gasteiger charge is -2.10. The van der Waals surface area contributed by atoms with Crippen LogP contribution in [0, 0.1) is 6.92 Å². The smallest absolute Gasteiger partial charge is 0.263 e. The number of aromatic nitrogens is 1. The van der Waals surface area contributed by atoms with E-state index < -0.39 is 0 Å². The standard InChI is InChI=1S/C21H22ClN3OS/c1-14-19(27-21(24-14)17-8-10-18(22)11-9-17)20(26)23-12-15-4-6-16(7-5-15)13-25(2)3/h4-11H,12-13H2,1-3H3,(H,23,26). The zero-order chi connectivity index (χ0) is 19.4. The van der Waals surface area contributed by atoms with E-state index in [1.54, 1.807) is 0 Å². The highest BCUT2D eigenvalue weighted by Crippen LogP contribution is 2.28. The Hall–Kier alpha value is -2.21. The van der Waals surface area contributed by atoms with E-state index in [1.165, 1.54) is 16.9 Å². The molecule has 1 heterocycles. The first-order chi connectivity index (χ1) is 12.9. The number of hydrogen-bond acceptors (Lipinski definition) is 4. The van der Waals surface area contributed by atoms with Crippen molar-refractivity contribution in [2.45, 2.75) is 20.0 Å². The first-order valence-electron chi connectivity index (χ1n) is 8.66. The molecule has 1 aromatic heterocycles. The third kappa shape index (κ3) is 5.16. The highest BCUT2D eigenvalue weighted by atomic mass is 35.5. The van der Waals surface area contributed by atoms with E-state index in [4.69, 9.17) is 11.6 Å². The van der Waals surface area contributed by atoms with Crippen LogP contribution in [0.4, 0.5) is 0 Å². The third-order valence-corrected chi connectivity index (χ3v) is 5.53. The van der Waals surface area contributed by atoms with E-state index in [9.17, 15) is 4.79 Å². The van der Waals surface area contributed by atoms with Gasteiger partial charge in [-0.3, -0.25) is 4.79 Å². The van der Waals surface area contributed by atoms with E-state index in [-0.39, 0.29) is 5.91 Å².